The average Bonchev–Trinajstić information content (AvgIpc) is 3.45. The van der Waals surface area contributed by atoms with Gasteiger partial charge in [0.2, 0.25) is 17.1 Å². The van der Waals surface area contributed by atoms with Crippen LogP contribution in [0.1, 0.15) is 66.4 Å². The molecule has 7 atom stereocenters. The van der Waals surface area contributed by atoms with Crippen LogP contribution < -0.4 is 16.2 Å². The Balaban J connectivity index is 0.793. The maximum Gasteiger partial charge on any atom is 0.349 e. The summed E-state index contributed by atoms with van der Waals surface area (Å²) < 4.78 is 12.9. The number of carbonyl (C=O) groups is 2. The minimum absolute atomic E-state index is 0.0312. The molecule has 3 saturated heterocycles. The molecular weight excluding hydrogens is 729 g/mol. The largest absolute Gasteiger partial charge is 0.506 e. The molecule has 14 heteroatoms. The lowest BCUT2D eigenvalue weighted by molar-refractivity contribution is -0.955. The summed E-state index contributed by atoms with van der Waals surface area (Å²) in [6.07, 6.45) is 5.04. The highest BCUT2D eigenvalue weighted by molar-refractivity contribution is 7.12. The fourth-order valence-corrected chi connectivity index (χ4v) is 11.3. The molecule has 6 unspecified atom stereocenters. The third kappa shape index (κ3) is 7.13. The number of quaternary nitrogens is 1. The van der Waals surface area contributed by atoms with Gasteiger partial charge in [0.05, 0.1) is 41.4 Å². The summed E-state index contributed by atoms with van der Waals surface area (Å²) in [7, 11) is 2.21. The van der Waals surface area contributed by atoms with Gasteiger partial charge in [0.1, 0.15) is 36.1 Å². The van der Waals surface area contributed by atoms with Gasteiger partial charge in [-0.05, 0) is 78.2 Å². The minimum Gasteiger partial charge on any atom is -0.506 e. The number of amides is 1. The minimum atomic E-state index is -1.83. The molecule has 6 heterocycles. The first-order valence-electron chi connectivity index (χ1n) is 19.1. The third-order valence-corrected chi connectivity index (χ3v) is 14.5. The molecule has 1 aliphatic carbocycles. The van der Waals surface area contributed by atoms with Crippen molar-refractivity contribution in [3.63, 3.8) is 0 Å². The smallest absolute Gasteiger partial charge is 0.349 e. The molecular formula is C40H49N4O8S2+. The topological polar surface area (TPSA) is 174 Å². The number of aromatic amines is 1. The van der Waals surface area contributed by atoms with Gasteiger partial charge in [0.25, 0.3) is 0 Å². The van der Waals surface area contributed by atoms with Crippen LogP contribution in [0.3, 0.4) is 0 Å². The van der Waals surface area contributed by atoms with Crippen molar-refractivity contribution in [2.24, 2.45) is 11.8 Å². The molecule has 2 bridgehead atoms. The Hall–Kier alpha value is -3.63. The number of phenolic OH excluding ortho intramolecular Hbond substituents is 1. The van der Waals surface area contributed by atoms with E-state index in [9.17, 15) is 29.7 Å². The van der Waals surface area contributed by atoms with Crippen molar-refractivity contribution in [3.05, 3.63) is 85.0 Å². The predicted octanol–water partition coefficient (Wildman–Crippen LogP) is 3.90. The second-order valence-electron chi connectivity index (χ2n) is 15.8. The quantitative estimate of drug-likeness (QED) is 0.0631. The number of likely N-dealkylation sites (N-methyl/N-ethyl adjacent to an activating group) is 1. The monoisotopic (exact) mass is 777 g/mol. The average molecular weight is 778 g/mol. The van der Waals surface area contributed by atoms with Gasteiger partial charge in [-0.1, -0.05) is 24.6 Å². The van der Waals surface area contributed by atoms with Crippen molar-refractivity contribution in [2.75, 3.05) is 33.2 Å². The standard InChI is InChI=1S/C40H48N4O8S2/c1-44(28-18-25(19-29(44)38-37(28)52-38)51-39(49)40(50,32-7-3-15-53-32)33-8-4-16-54-33)14-13-34(47)42-21-24-6-2-5-23(17-24)20-41-22-31(46)26-9-11-30(45)36-27(26)10-12-35(48)43-36/h3-4,7-12,15-16,23-25,28-29,31,37-38,41,46,50H,2,5-6,13-14,17-22H2,1H3,(H2-,42,43,45,47,48)/p+1/t23?,24?,25?,28?,29?,31-,37?,38?,44?/m0/s1. The van der Waals surface area contributed by atoms with Gasteiger partial charge < -0.3 is 44.9 Å². The Morgan fingerprint density at radius 2 is 1.69 bits per heavy atom. The van der Waals surface area contributed by atoms with E-state index in [1.165, 1.54) is 34.8 Å². The SMILES string of the molecule is C[N+]1(CCC(=O)NCC2CCCC(CNC[C@H](O)c3ccc(O)c4[nH]c(=O)ccc34)C2)C2CC(OC(=O)C(O)(c3cccs3)c3cccs3)CC1C1OC12. The number of nitrogens with zero attached hydrogens (tertiary/aromatic N) is 1. The highest BCUT2D eigenvalue weighted by atomic mass is 32.1. The number of rotatable bonds is 14. The van der Waals surface area contributed by atoms with Gasteiger partial charge in [-0.3, -0.25) is 9.59 Å². The van der Waals surface area contributed by atoms with Gasteiger partial charge in [-0.25, -0.2) is 4.79 Å². The number of carbonyl (C=O) groups excluding carboxylic acids is 2. The zero-order valence-electron chi connectivity index (χ0n) is 30.3. The zero-order chi connectivity index (χ0) is 37.6. The fraction of sp³-hybridized carbons (Fsp3) is 0.525. The molecule has 4 fully saturated rings. The van der Waals surface area contributed by atoms with Gasteiger partial charge in [0, 0.05) is 37.4 Å². The van der Waals surface area contributed by atoms with E-state index in [-0.39, 0.29) is 47.6 Å². The van der Waals surface area contributed by atoms with E-state index in [1.807, 2.05) is 22.9 Å². The molecule has 1 aromatic carbocycles. The second kappa shape index (κ2) is 15.1. The van der Waals surface area contributed by atoms with Gasteiger partial charge in [-0.2, -0.15) is 0 Å². The number of benzene rings is 1. The molecule has 3 aliphatic heterocycles. The number of aliphatic hydroxyl groups is 2. The molecule has 4 aliphatic rings. The van der Waals surface area contributed by atoms with Crippen LogP contribution in [0, 0.1) is 11.8 Å². The van der Waals surface area contributed by atoms with Crippen molar-refractivity contribution in [1.82, 2.24) is 15.6 Å². The number of ether oxygens (including phenoxy) is 2. The van der Waals surface area contributed by atoms with Gasteiger partial charge >= 0.3 is 5.97 Å². The summed E-state index contributed by atoms with van der Waals surface area (Å²) in [6, 6.07) is 13.6. The summed E-state index contributed by atoms with van der Waals surface area (Å²) in [6.45, 7) is 2.45. The van der Waals surface area contributed by atoms with Gasteiger partial charge in [0.15, 0.2) is 0 Å². The zero-order valence-corrected chi connectivity index (χ0v) is 32.0. The number of hydrogen-bond acceptors (Lipinski definition) is 11. The summed E-state index contributed by atoms with van der Waals surface area (Å²) >= 11 is 2.67. The van der Waals surface area contributed by atoms with E-state index in [4.69, 9.17) is 9.47 Å². The van der Waals surface area contributed by atoms with Crippen LogP contribution in [0.15, 0.2) is 64.1 Å². The van der Waals surface area contributed by atoms with Gasteiger partial charge in [-0.15, -0.1) is 22.7 Å². The van der Waals surface area contributed by atoms with Crippen molar-refractivity contribution in [2.45, 2.75) is 87.0 Å². The Morgan fingerprint density at radius 1 is 1.00 bits per heavy atom. The molecule has 54 heavy (non-hydrogen) atoms. The first kappa shape index (κ1) is 37.3. The van der Waals surface area contributed by atoms with E-state index in [0.29, 0.717) is 77.0 Å². The number of thiophene rings is 2. The number of fused-ring (bicyclic) bond motifs is 6. The number of aromatic nitrogens is 1. The Kier molecular flexibility index (Phi) is 10.5. The number of hydrogen-bond donors (Lipinski definition) is 6. The summed E-state index contributed by atoms with van der Waals surface area (Å²) in [5.41, 5.74) is -1.18. The van der Waals surface area contributed by atoms with Crippen LogP contribution >= 0.6 is 22.7 Å². The number of nitrogens with one attached hydrogen (secondary N) is 3. The van der Waals surface area contributed by atoms with E-state index >= 15 is 0 Å². The van der Waals surface area contributed by atoms with Crippen molar-refractivity contribution >= 4 is 45.5 Å². The number of esters is 1. The number of epoxide rings is 1. The number of piperidine rings is 1. The highest BCUT2D eigenvalue weighted by Crippen LogP contribution is 2.53. The molecule has 6 N–H and O–H groups in total. The maximum atomic E-state index is 13.7. The normalized spacial score (nSPS) is 29.4. The van der Waals surface area contributed by atoms with E-state index in [1.54, 1.807) is 24.3 Å². The molecule has 288 valence electrons. The molecule has 8 rings (SSSR count). The van der Waals surface area contributed by atoms with Crippen LogP contribution in [0.4, 0.5) is 0 Å². The number of morpholine rings is 1. The number of aliphatic hydroxyl groups excluding tert-OH is 1. The van der Waals surface area contributed by atoms with E-state index in [2.05, 4.69) is 22.7 Å². The molecule has 4 aromatic rings. The van der Waals surface area contributed by atoms with Crippen LogP contribution in [0.25, 0.3) is 10.9 Å². The first-order chi connectivity index (χ1) is 26.0. The Morgan fingerprint density at radius 3 is 2.35 bits per heavy atom. The van der Waals surface area contributed by atoms with Crippen LogP contribution in [-0.2, 0) is 24.7 Å². The molecule has 1 amide bonds. The fourth-order valence-electron chi connectivity index (χ4n) is 9.56. The maximum absolute atomic E-state index is 13.7. The highest BCUT2D eigenvalue weighted by Gasteiger charge is 2.72. The number of H-pyrrole nitrogens is 1. The Labute approximate surface area is 321 Å². The van der Waals surface area contributed by atoms with Crippen molar-refractivity contribution in [3.8, 4) is 5.75 Å². The summed E-state index contributed by atoms with van der Waals surface area (Å²) in [4.78, 5) is 42.4. The molecule has 0 spiro atoms. The van der Waals surface area contributed by atoms with Crippen LogP contribution in [0.2, 0.25) is 0 Å². The molecule has 3 aromatic heterocycles. The molecule has 0 radical (unpaired) electrons. The first-order valence-corrected chi connectivity index (χ1v) is 20.8. The summed E-state index contributed by atoms with van der Waals surface area (Å²) in [5, 5.41) is 43.8. The second-order valence-corrected chi connectivity index (χ2v) is 17.7. The number of phenols is 1. The third-order valence-electron chi connectivity index (χ3n) is 12.5. The van der Waals surface area contributed by atoms with Crippen LogP contribution in [0.5, 0.6) is 5.75 Å². The summed E-state index contributed by atoms with van der Waals surface area (Å²) in [5.74, 6) is 0.222. The number of pyridine rings is 1. The molecule has 1 saturated carbocycles. The lowest BCUT2D eigenvalue weighted by atomic mass is 9.81. The lowest BCUT2D eigenvalue weighted by Crippen LogP contribution is -2.63. The van der Waals surface area contributed by atoms with Crippen molar-refractivity contribution in [1.29, 1.82) is 0 Å². The number of aromatic hydroxyl groups is 1. The predicted molar refractivity (Wildman–Crippen MR) is 205 cm³/mol. The van der Waals surface area contributed by atoms with Crippen molar-refractivity contribution < 1.29 is 38.9 Å². The van der Waals surface area contributed by atoms with E-state index < -0.39 is 17.7 Å². The van der Waals surface area contributed by atoms with Crippen LogP contribution in [-0.4, -0.2) is 100 Å². The van der Waals surface area contributed by atoms with E-state index in [0.717, 1.165) is 36.7 Å². The lowest BCUT2D eigenvalue weighted by Gasteiger charge is -2.48. The molecule has 12 nitrogen and oxygen atoms in total. The Bertz CT molecular complexity index is 1970.